The standard InChI is InChI=1S/C16H19NO5/c1-4-5-6-22-16(19)12(10-17)7-11-8-13(20-2)15(18)14(9-11)21-3/h7-9,18H,4-6H2,1-3H3/b12-7+. The van der Waals surface area contributed by atoms with Crippen LogP contribution in [0, 0.1) is 11.3 Å². The molecular weight excluding hydrogens is 286 g/mol. The number of nitriles is 1. The maximum atomic E-state index is 11.8. The van der Waals surface area contributed by atoms with Crippen LogP contribution in [0.25, 0.3) is 6.08 Å². The molecule has 0 heterocycles. The summed E-state index contributed by atoms with van der Waals surface area (Å²) in [5, 5.41) is 18.9. The molecule has 1 N–H and O–H groups in total. The molecule has 0 bridgehead atoms. The summed E-state index contributed by atoms with van der Waals surface area (Å²) in [4.78, 5) is 11.8. The lowest BCUT2D eigenvalue weighted by Gasteiger charge is -2.09. The van der Waals surface area contributed by atoms with Gasteiger partial charge in [-0.1, -0.05) is 13.3 Å². The van der Waals surface area contributed by atoms with Crippen LogP contribution in [0.5, 0.6) is 17.2 Å². The normalized spacial score (nSPS) is 10.7. The molecule has 1 rings (SSSR count). The Labute approximate surface area is 129 Å². The van der Waals surface area contributed by atoms with E-state index in [0.29, 0.717) is 5.56 Å². The summed E-state index contributed by atoms with van der Waals surface area (Å²) in [7, 11) is 2.79. The van der Waals surface area contributed by atoms with E-state index in [-0.39, 0.29) is 29.4 Å². The minimum atomic E-state index is -0.679. The van der Waals surface area contributed by atoms with Gasteiger partial charge in [-0.25, -0.2) is 4.79 Å². The number of carbonyl (C=O) groups is 1. The Balaban J connectivity index is 3.07. The maximum Gasteiger partial charge on any atom is 0.348 e. The Morgan fingerprint density at radius 1 is 1.32 bits per heavy atom. The first kappa shape index (κ1) is 17.4. The molecule has 0 spiro atoms. The van der Waals surface area contributed by atoms with Crippen LogP contribution in [0.3, 0.4) is 0 Å². The number of esters is 1. The highest BCUT2D eigenvalue weighted by Gasteiger charge is 2.14. The quantitative estimate of drug-likeness (QED) is 0.360. The summed E-state index contributed by atoms with van der Waals surface area (Å²) in [5.41, 5.74) is 0.349. The molecule has 22 heavy (non-hydrogen) atoms. The van der Waals surface area contributed by atoms with Crippen molar-refractivity contribution in [1.82, 2.24) is 0 Å². The van der Waals surface area contributed by atoms with Gasteiger partial charge in [-0.2, -0.15) is 5.26 Å². The number of carbonyl (C=O) groups excluding carboxylic acids is 1. The molecule has 1 aromatic rings. The molecule has 0 radical (unpaired) electrons. The lowest BCUT2D eigenvalue weighted by Crippen LogP contribution is -2.07. The predicted molar refractivity (Wildman–Crippen MR) is 80.7 cm³/mol. The number of hydrogen-bond acceptors (Lipinski definition) is 6. The van der Waals surface area contributed by atoms with Crippen LogP contribution < -0.4 is 9.47 Å². The summed E-state index contributed by atoms with van der Waals surface area (Å²) in [6.07, 6.45) is 3.00. The van der Waals surface area contributed by atoms with Gasteiger partial charge in [0.15, 0.2) is 11.5 Å². The summed E-state index contributed by atoms with van der Waals surface area (Å²) >= 11 is 0. The zero-order chi connectivity index (χ0) is 16.5. The van der Waals surface area contributed by atoms with Crippen molar-refractivity contribution in [2.24, 2.45) is 0 Å². The molecule has 0 amide bonds. The fourth-order valence-electron chi connectivity index (χ4n) is 1.69. The van der Waals surface area contributed by atoms with Gasteiger partial charge in [0.2, 0.25) is 5.75 Å². The van der Waals surface area contributed by atoms with Crippen molar-refractivity contribution >= 4 is 12.0 Å². The number of methoxy groups -OCH3 is 2. The topological polar surface area (TPSA) is 88.8 Å². The smallest absolute Gasteiger partial charge is 0.348 e. The second-order valence-electron chi connectivity index (χ2n) is 4.43. The Morgan fingerprint density at radius 3 is 2.36 bits per heavy atom. The highest BCUT2D eigenvalue weighted by atomic mass is 16.5. The Kier molecular flexibility index (Phi) is 6.77. The van der Waals surface area contributed by atoms with E-state index in [0.717, 1.165) is 12.8 Å². The molecule has 0 saturated carbocycles. The largest absolute Gasteiger partial charge is 0.502 e. The second-order valence-corrected chi connectivity index (χ2v) is 4.43. The molecule has 6 heteroatoms. The van der Waals surface area contributed by atoms with Crippen molar-refractivity contribution < 1.29 is 24.1 Å². The molecular formula is C16H19NO5. The molecule has 0 aliphatic rings. The summed E-state index contributed by atoms with van der Waals surface area (Å²) in [6.45, 7) is 2.25. The van der Waals surface area contributed by atoms with Gasteiger partial charge < -0.3 is 19.3 Å². The molecule has 6 nitrogen and oxygen atoms in total. The molecule has 0 fully saturated rings. The number of unbranched alkanes of at least 4 members (excludes halogenated alkanes) is 1. The van der Waals surface area contributed by atoms with Crippen molar-refractivity contribution in [3.8, 4) is 23.3 Å². The van der Waals surface area contributed by atoms with Gasteiger partial charge in [0.1, 0.15) is 11.6 Å². The van der Waals surface area contributed by atoms with Crippen molar-refractivity contribution in [2.75, 3.05) is 20.8 Å². The number of rotatable bonds is 7. The molecule has 1 aromatic carbocycles. The number of aromatic hydroxyl groups is 1. The molecule has 0 aliphatic carbocycles. The van der Waals surface area contributed by atoms with Crippen LogP contribution in [-0.4, -0.2) is 31.9 Å². The van der Waals surface area contributed by atoms with E-state index < -0.39 is 5.97 Å². The van der Waals surface area contributed by atoms with E-state index in [2.05, 4.69) is 0 Å². The maximum absolute atomic E-state index is 11.8. The van der Waals surface area contributed by atoms with Crippen molar-refractivity contribution in [2.45, 2.75) is 19.8 Å². The molecule has 0 unspecified atom stereocenters. The minimum Gasteiger partial charge on any atom is -0.502 e. The van der Waals surface area contributed by atoms with Crippen LogP contribution in [0.4, 0.5) is 0 Å². The molecule has 0 aromatic heterocycles. The van der Waals surface area contributed by atoms with Crippen LogP contribution in [0.15, 0.2) is 17.7 Å². The Morgan fingerprint density at radius 2 is 1.91 bits per heavy atom. The lowest BCUT2D eigenvalue weighted by atomic mass is 10.1. The van der Waals surface area contributed by atoms with Gasteiger partial charge in [-0.05, 0) is 30.2 Å². The minimum absolute atomic E-state index is 0.133. The summed E-state index contributed by atoms with van der Waals surface area (Å²) in [6, 6.07) is 4.80. The summed E-state index contributed by atoms with van der Waals surface area (Å²) < 4.78 is 15.1. The van der Waals surface area contributed by atoms with Crippen LogP contribution in [0.1, 0.15) is 25.3 Å². The number of phenolic OH excluding ortho intramolecular Hbond substituents is 1. The van der Waals surface area contributed by atoms with Crippen molar-refractivity contribution in [3.05, 3.63) is 23.3 Å². The van der Waals surface area contributed by atoms with Crippen LogP contribution in [-0.2, 0) is 9.53 Å². The van der Waals surface area contributed by atoms with Crippen LogP contribution in [0.2, 0.25) is 0 Å². The third kappa shape index (κ3) is 4.42. The number of nitrogens with zero attached hydrogens (tertiary/aromatic N) is 1. The van der Waals surface area contributed by atoms with Gasteiger partial charge in [0.25, 0.3) is 0 Å². The molecule has 0 saturated heterocycles. The monoisotopic (exact) mass is 305 g/mol. The van der Waals surface area contributed by atoms with Crippen molar-refractivity contribution in [3.63, 3.8) is 0 Å². The third-order valence-electron chi connectivity index (χ3n) is 2.88. The number of hydrogen-bond donors (Lipinski definition) is 1. The zero-order valence-corrected chi connectivity index (χ0v) is 12.9. The van der Waals surface area contributed by atoms with Crippen molar-refractivity contribution in [1.29, 1.82) is 5.26 Å². The number of phenols is 1. The van der Waals surface area contributed by atoms with Gasteiger partial charge in [-0.3, -0.25) is 0 Å². The SMILES string of the molecule is CCCCOC(=O)/C(C#N)=C/c1cc(OC)c(O)c(OC)c1. The second kappa shape index (κ2) is 8.57. The van der Waals surface area contributed by atoms with Gasteiger partial charge in [-0.15, -0.1) is 0 Å². The van der Waals surface area contributed by atoms with Crippen LogP contribution >= 0.6 is 0 Å². The molecule has 0 aliphatic heterocycles. The average Bonchev–Trinajstić information content (AvgIpc) is 2.53. The van der Waals surface area contributed by atoms with Gasteiger partial charge >= 0.3 is 5.97 Å². The number of ether oxygens (including phenoxy) is 3. The van der Waals surface area contributed by atoms with Gasteiger partial charge in [0.05, 0.1) is 20.8 Å². The van der Waals surface area contributed by atoms with E-state index in [1.807, 2.05) is 13.0 Å². The average molecular weight is 305 g/mol. The van der Waals surface area contributed by atoms with Gasteiger partial charge in [0, 0.05) is 0 Å². The fraction of sp³-hybridized carbons (Fsp3) is 0.375. The summed E-state index contributed by atoms with van der Waals surface area (Å²) in [5.74, 6) is -0.461. The highest BCUT2D eigenvalue weighted by Crippen LogP contribution is 2.37. The highest BCUT2D eigenvalue weighted by molar-refractivity contribution is 5.98. The first-order chi connectivity index (χ1) is 10.6. The van der Waals surface area contributed by atoms with E-state index in [1.165, 1.54) is 32.4 Å². The predicted octanol–water partition coefficient (Wildman–Crippen LogP) is 2.66. The fourth-order valence-corrected chi connectivity index (χ4v) is 1.69. The first-order valence-electron chi connectivity index (χ1n) is 6.81. The molecule has 118 valence electrons. The van der Waals surface area contributed by atoms with E-state index in [9.17, 15) is 9.90 Å². The van der Waals surface area contributed by atoms with E-state index >= 15 is 0 Å². The first-order valence-corrected chi connectivity index (χ1v) is 6.81. The lowest BCUT2D eigenvalue weighted by molar-refractivity contribution is -0.138. The molecule has 0 atom stereocenters. The third-order valence-corrected chi connectivity index (χ3v) is 2.88. The Hall–Kier alpha value is -2.68. The Bertz CT molecular complexity index is 576. The van der Waals surface area contributed by atoms with E-state index in [1.54, 1.807) is 0 Å². The zero-order valence-electron chi connectivity index (χ0n) is 12.9. The number of benzene rings is 1. The van der Waals surface area contributed by atoms with E-state index in [4.69, 9.17) is 19.5 Å².